The van der Waals surface area contributed by atoms with Gasteiger partial charge >= 0.3 is 0 Å². The number of H-pyrrole nitrogens is 1. The lowest BCUT2D eigenvalue weighted by molar-refractivity contribution is 0.0945. The van der Waals surface area contributed by atoms with Crippen LogP contribution in [0.5, 0.6) is 5.75 Å². The lowest BCUT2D eigenvalue weighted by atomic mass is 10.2. The van der Waals surface area contributed by atoms with Gasteiger partial charge in [-0.2, -0.15) is 5.10 Å². The molecule has 2 rings (SSSR count). The van der Waals surface area contributed by atoms with Gasteiger partial charge in [0.05, 0.1) is 6.61 Å². The molecule has 0 saturated carbocycles. The number of rotatable bonds is 6. The molecule has 0 fully saturated rings. The van der Waals surface area contributed by atoms with Gasteiger partial charge in [0.15, 0.2) is 0 Å². The van der Waals surface area contributed by atoms with E-state index in [1.165, 1.54) is 12.1 Å². The van der Waals surface area contributed by atoms with E-state index in [2.05, 4.69) is 15.5 Å². The second kappa shape index (κ2) is 7.23. The normalized spacial score (nSPS) is 10.1. The van der Waals surface area contributed by atoms with Gasteiger partial charge in [-0.05, 0) is 37.1 Å². The van der Waals surface area contributed by atoms with Crippen LogP contribution in [0.2, 0.25) is 0 Å². The summed E-state index contributed by atoms with van der Waals surface area (Å²) in [5.74, 6) is 0.505. The summed E-state index contributed by atoms with van der Waals surface area (Å²) in [5, 5.41) is 8.58. The zero-order valence-corrected chi connectivity index (χ0v) is 11.8. The van der Waals surface area contributed by atoms with Crippen molar-refractivity contribution in [3.05, 3.63) is 58.0 Å². The van der Waals surface area contributed by atoms with Gasteiger partial charge in [-0.15, -0.1) is 0 Å². The van der Waals surface area contributed by atoms with E-state index < -0.39 is 0 Å². The van der Waals surface area contributed by atoms with Gasteiger partial charge < -0.3 is 10.1 Å². The number of ether oxygens (including phenoxy) is 1. The van der Waals surface area contributed by atoms with E-state index in [0.29, 0.717) is 19.6 Å². The minimum absolute atomic E-state index is 0.189. The highest BCUT2D eigenvalue weighted by molar-refractivity contribution is 5.91. The van der Waals surface area contributed by atoms with Crippen molar-refractivity contribution in [2.24, 2.45) is 0 Å². The largest absolute Gasteiger partial charge is 0.494 e. The van der Waals surface area contributed by atoms with E-state index in [9.17, 15) is 9.59 Å². The molecule has 0 radical (unpaired) electrons. The topological polar surface area (TPSA) is 84.1 Å². The maximum atomic E-state index is 11.7. The zero-order chi connectivity index (χ0) is 15.1. The highest BCUT2D eigenvalue weighted by atomic mass is 16.5. The van der Waals surface area contributed by atoms with Gasteiger partial charge in [-0.25, -0.2) is 5.10 Å². The number of aryl methyl sites for hydroxylation is 1. The Kier molecular flexibility index (Phi) is 5.09. The van der Waals surface area contributed by atoms with E-state index in [1.54, 1.807) is 0 Å². The van der Waals surface area contributed by atoms with E-state index in [1.807, 2.05) is 31.2 Å². The molecule has 110 valence electrons. The molecule has 0 saturated heterocycles. The first-order valence-corrected chi connectivity index (χ1v) is 6.68. The molecule has 6 nitrogen and oxygen atoms in total. The standard InChI is InChI=1S/C15H17N3O3/c1-11-4-2-5-12(10-11)21-9-3-8-16-15(20)13-6-7-14(19)18-17-13/h2,4-7,10H,3,8-9H2,1H3,(H,16,20)(H,18,19). The van der Waals surface area contributed by atoms with E-state index in [-0.39, 0.29) is 17.2 Å². The van der Waals surface area contributed by atoms with Crippen molar-refractivity contribution in [2.75, 3.05) is 13.2 Å². The fourth-order valence-electron chi connectivity index (χ4n) is 1.73. The van der Waals surface area contributed by atoms with Crippen molar-refractivity contribution in [1.82, 2.24) is 15.5 Å². The third-order valence-corrected chi connectivity index (χ3v) is 2.78. The molecule has 0 aliphatic heterocycles. The van der Waals surface area contributed by atoms with Crippen LogP contribution in [-0.2, 0) is 0 Å². The van der Waals surface area contributed by atoms with Crippen molar-refractivity contribution in [3.63, 3.8) is 0 Å². The van der Waals surface area contributed by atoms with Crippen molar-refractivity contribution < 1.29 is 9.53 Å². The second-order valence-corrected chi connectivity index (χ2v) is 4.58. The van der Waals surface area contributed by atoms with Gasteiger partial charge in [0.1, 0.15) is 11.4 Å². The number of nitrogens with one attached hydrogen (secondary N) is 2. The molecule has 2 aromatic rings. The number of aromatic nitrogens is 2. The molecule has 1 aromatic heterocycles. The predicted molar refractivity (Wildman–Crippen MR) is 78.5 cm³/mol. The maximum absolute atomic E-state index is 11.7. The number of nitrogens with zero attached hydrogens (tertiary/aromatic N) is 1. The third kappa shape index (κ3) is 4.76. The van der Waals surface area contributed by atoms with E-state index in [0.717, 1.165) is 11.3 Å². The van der Waals surface area contributed by atoms with Crippen LogP contribution in [0.1, 0.15) is 22.5 Å². The number of hydrogen-bond donors (Lipinski definition) is 2. The van der Waals surface area contributed by atoms with Crippen LogP contribution in [0.3, 0.4) is 0 Å². The molecule has 0 aliphatic carbocycles. The Bertz CT molecular complexity index is 647. The predicted octanol–water partition coefficient (Wildman–Crippen LogP) is 1.28. The molecule has 0 unspecified atom stereocenters. The molecule has 0 aliphatic rings. The van der Waals surface area contributed by atoms with Crippen molar-refractivity contribution in [1.29, 1.82) is 0 Å². The van der Waals surface area contributed by atoms with Crippen molar-refractivity contribution in [3.8, 4) is 5.75 Å². The van der Waals surface area contributed by atoms with Crippen LogP contribution >= 0.6 is 0 Å². The van der Waals surface area contributed by atoms with Crippen LogP contribution in [0.15, 0.2) is 41.2 Å². The van der Waals surface area contributed by atoms with Gasteiger partial charge in [-0.3, -0.25) is 9.59 Å². The molecule has 0 atom stereocenters. The Morgan fingerprint density at radius 2 is 2.19 bits per heavy atom. The van der Waals surface area contributed by atoms with Crippen LogP contribution in [0, 0.1) is 6.92 Å². The van der Waals surface area contributed by atoms with Crippen LogP contribution in [0.4, 0.5) is 0 Å². The molecule has 6 heteroatoms. The smallest absolute Gasteiger partial charge is 0.271 e. The maximum Gasteiger partial charge on any atom is 0.271 e. The average molecular weight is 287 g/mol. The van der Waals surface area contributed by atoms with Crippen LogP contribution in [-0.4, -0.2) is 29.3 Å². The Balaban J connectivity index is 1.69. The number of aromatic amines is 1. The minimum atomic E-state index is -0.335. The molecule has 1 heterocycles. The Morgan fingerprint density at radius 1 is 1.33 bits per heavy atom. The molecule has 0 bridgehead atoms. The van der Waals surface area contributed by atoms with Gasteiger partial charge in [0.2, 0.25) is 0 Å². The van der Waals surface area contributed by atoms with Crippen molar-refractivity contribution >= 4 is 5.91 Å². The summed E-state index contributed by atoms with van der Waals surface area (Å²) in [4.78, 5) is 22.5. The quantitative estimate of drug-likeness (QED) is 0.784. The van der Waals surface area contributed by atoms with E-state index in [4.69, 9.17) is 4.74 Å². The number of carbonyl (C=O) groups excluding carboxylic acids is 1. The molecule has 1 amide bonds. The summed E-state index contributed by atoms with van der Waals surface area (Å²) in [5.41, 5.74) is 0.997. The fraction of sp³-hybridized carbons (Fsp3) is 0.267. The monoisotopic (exact) mass is 287 g/mol. The molecule has 2 N–H and O–H groups in total. The summed E-state index contributed by atoms with van der Waals surface area (Å²) in [6.45, 7) is 3.00. The molecule has 0 spiro atoms. The third-order valence-electron chi connectivity index (χ3n) is 2.78. The minimum Gasteiger partial charge on any atom is -0.494 e. The summed E-state index contributed by atoms with van der Waals surface area (Å²) < 4.78 is 5.58. The molecule has 21 heavy (non-hydrogen) atoms. The lowest BCUT2D eigenvalue weighted by Gasteiger charge is -2.07. The Hall–Kier alpha value is -2.63. The van der Waals surface area contributed by atoms with Gasteiger partial charge in [0.25, 0.3) is 11.5 Å². The number of hydrogen-bond acceptors (Lipinski definition) is 4. The highest BCUT2D eigenvalue weighted by Crippen LogP contribution is 2.12. The summed E-state index contributed by atoms with van der Waals surface area (Å²) in [6.07, 6.45) is 0.684. The first-order chi connectivity index (χ1) is 10.1. The Labute approximate surface area is 122 Å². The van der Waals surface area contributed by atoms with E-state index >= 15 is 0 Å². The number of carbonyl (C=O) groups is 1. The second-order valence-electron chi connectivity index (χ2n) is 4.58. The van der Waals surface area contributed by atoms with Crippen LogP contribution in [0.25, 0.3) is 0 Å². The van der Waals surface area contributed by atoms with Crippen LogP contribution < -0.4 is 15.6 Å². The fourth-order valence-corrected chi connectivity index (χ4v) is 1.73. The number of benzene rings is 1. The molecule has 1 aromatic carbocycles. The highest BCUT2D eigenvalue weighted by Gasteiger charge is 2.05. The summed E-state index contributed by atoms with van der Waals surface area (Å²) in [6, 6.07) is 10.5. The van der Waals surface area contributed by atoms with Crippen molar-refractivity contribution in [2.45, 2.75) is 13.3 Å². The first kappa shape index (κ1) is 14.8. The number of amides is 1. The van der Waals surface area contributed by atoms with Gasteiger partial charge in [0, 0.05) is 12.6 Å². The average Bonchev–Trinajstić information content (AvgIpc) is 2.47. The molecular formula is C15H17N3O3. The summed E-state index contributed by atoms with van der Waals surface area (Å²) >= 11 is 0. The molecular weight excluding hydrogens is 270 g/mol. The zero-order valence-electron chi connectivity index (χ0n) is 11.8. The first-order valence-electron chi connectivity index (χ1n) is 6.68. The summed E-state index contributed by atoms with van der Waals surface area (Å²) in [7, 11) is 0. The van der Waals surface area contributed by atoms with Gasteiger partial charge in [-0.1, -0.05) is 12.1 Å². The SMILES string of the molecule is Cc1cccc(OCCCNC(=O)c2ccc(=O)[nH]n2)c1. The lowest BCUT2D eigenvalue weighted by Crippen LogP contribution is -2.27. The Morgan fingerprint density at radius 3 is 2.90 bits per heavy atom.